The molecule has 3 aromatic heterocycles. The summed E-state index contributed by atoms with van der Waals surface area (Å²) in [7, 11) is 0. The van der Waals surface area contributed by atoms with Crippen LogP contribution in [-0.4, -0.2) is 18.7 Å². The zero-order valence-electron chi connectivity index (χ0n) is 7.34. The fraction of sp³-hybridized carbons (Fsp3) is 0.125. The lowest BCUT2D eigenvalue weighted by Gasteiger charge is -1.83. The Balaban J connectivity index is 2.18. The van der Waals surface area contributed by atoms with Crippen molar-refractivity contribution in [3.63, 3.8) is 0 Å². The number of nitrogens with zero attached hydrogens (tertiary/aromatic N) is 4. The van der Waals surface area contributed by atoms with Crippen molar-refractivity contribution < 1.29 is 0 Å². The SMILES string of the molecule is Cc1nc(-c2nc3nccn3s2)cs1. The second-order valence-electron chi connectivity index (χ2n) is 2.81. The van der Waals surface area contributed by atoms with Crippen molar-refractivity contribution in [2.24, 2.45) is 0 Å². The first-order valence-corrected chi connectivity index (χ1v) is 5.71. The maximum atomic E-state index is 4.38. The maximum absolute atomic E-state index is 4.38. The average molecular weight is 222 g/mol. The smallest absolute Gasteiger partial charge is 0.239 e. The Kier molecular flexibility index (Phi) is 1.65. The Morgan fingerprint density at radius 3 is 3.00 bits per heavy atom. The third-order valence-corrected chi connectivity index (χ3v) is 3.54. The highest BCUT2D eigenvalue weighted by Crippen LogP contribution is 2.24. The summed E-state index contributed by atoms with van der Waals surface area (Å²) in [4.78, 5) is 12.9. The first kappa shape index (κ1) is 8.07. The van der Waals surface area contributed by atoms with Crippen LogP contribution in [0.5, 0.6) is 0 Å². The van der Waals surface area contributed by atoms with Crippen LogP contribution in [0, 0.1) is 6.92 Å². The van der Waals surface area contributed by atoms with Crippen LogP contribution in [0.2, 0.25) is 0 Å². The van der Waals surface area contributed by atoms with Gasteiger partial charge in [0.2, 0.25) is 5.78 Å². The maximum Gasteiger partial charge on any atom is 0.244 e. The molecule has 0 saturated heterocycles. The van der Waals surface area contributed by atoms with E-state index in [9.17, 15) is 0 Å². The van der Waals surface area contributed by atoms with Crippen molar-refractivity contribution in [2.75, 3.05) is 0 Å². The van der Waals surface area contributed by atoms with Crippen LogP contribution in [0.4, 0.5) is 0 Å². The molecule has 0 bridgehead atoms. The molecule has 0 aliphatic rings. The van der Waals surface area contributed by atoms with E-state index in [-0.39, 0.29) is 0 Å². The Morgan fingerprint density at radius 1 is 1.36 bits per heavy atom. The topological polar surface area (TPSA) is 43.1 Å². The van der Waals surface area contributed by atoms with E-state index in [0.29, 0.717) is 0 Å². The van der Waals surface area contributed by atoms with E-state index in [0.717, 1.165) is 21.5 Å². The van der Waals surface area contributed by atoms with E-state index in [2.05, 4.69) is 15.0 Å². The predicted molar refractivity (Wildman–Crippen MR) is 56.7 cm³/mol. The molecule has 0 amide bonds. The molecule has 4 nitrogen and oxygen atoms in total. The third kappa shape index (κ3) is 1.15. The Hall–Kier alpha value is -1.27. The predicted octanol–water partition coefficient (Wildman–Crippen LogP) is 2.22. The summed E-state index contributed by atoms with van der Waals surface area (Å²) in [5, 5.41) is 4.01. The molecule has 0 aliphatic heterocycles. The van der Waals surface area contributed by atoms with Gasteiger partial charge in [-0.15, -0.1) is 11.3 Å². The minimum atomic E-state index is 0.746. The van der Waals surface area contributed by atoms with Crippen molar-refractivity contribution in [3.05, 3.63) is 22.8 Å². The summed E-state index contributed by atoms with van der Waals surface area (Å²) in [5.41, 5.74) is 0.947. The van der Waals surface area contributed by atoms with Gasteiger partial charge in [0.05, 0.1) is 5.01 Å². The molecule has 0 saturated carbocycles. The van der Waals surface area contributed by atoms with Gasteiger partial charge in [0.15, 0.2) is 5.01 Å². The highest BCUT2D eigenvalue weighted by Gasteiger charge is 2.08. The van der Waals surface area contributed by atoms with Gasteiger partial charge in [0.25, 0.3) is 0 Å². The average Bonchev–Trinajstić information content (AvgIpc) is 2.75. The summed E-state index contributed by atoms with van der Waals surface area (Å²) < 4.78 is 1.93. The molecule has 3 rings (SSSR count). The molecule has 0 radical (unpaired) electrons. The molecule has 0 atom stereocenters. The zero-order chi connectivity index (χ0) is 9.54. The molecular weight excluding hydrogens is 216 g/mol. The van der Waals surface area contributed by atoms with E-state index in [1.54, 1.807) is 29.1 Å². The minimum Gasteiger partial charge on any atom is -0.239 e. The molecule has 3 aromatic rings. The van der Waals surface area contributed by atoms with E-state index in [1.807, 2.05) is 22.3 Å². The van der Waals surface area contributed by atoms with Gasteiger partial charge in [0.1, 0.15) is 5.69 Å². The molecule has 0 N–H and O–H groups in total. The molecule has 6 heteroatoms. The standard InChI is InChI=1S/C8H6N4S2/c1-5-10-6(4-13-5)7-11-8-9-2-3-12(8)14-7/h2-4H,1H3. The highest BCUT2D eigenvalue weighted by molar-refractivity contribution is 7.12. The van der Waals surface area contributed by atoms with Gasteiger partial charge in [-0.25, -0.2) is 13.8 Å². The highest BCUT2D eigenvalue weighted by atomic mass is 32.1. The van der Waals surface area contributed by atoms with Gasteiger partial charge in [-0.05, 0) is 18.5 Å². The first-order chi connectivity index (χ1) is 6.83. The minimum absolute atomic E-state index is 0.746. The molecule has 3 heterocycles. The fourth-order valence-corrected chi connectivity index (χ4v) is 2.67. The number of aromatic nitrogens is 4. The molecule has 0 aromatic carbocycles. The van der Waals surface area contributed by atoms with Crippen LogP contribution in [-0.2, 0) is 0 Å². The van der Waals surface area contributed by atoms with Crippen molar-refractivity contribution in [1.82, 2.24) is 18.7 Å². The number of fused-ring (bicyclic) bond motifs is 1. The third-order valence-electron chi connectivity index (χ3n) is 1.81. The lowest BCUT2D eigenvalue weighted by atomic mass is 10.5. The normalized spacial score (nSPS) is 11.2. The molecule has 14 heavy (non-hydrogen) atoms. The largest absolute Gasteiger partial charge is 0.244 e. The second kappa shape index (κ2) is 2.86. The summed E-state index contributed by atoms with van der Waals surface area (Å²) in [6.45, 7) is 1.99. The lowest BCUT2D eigenvalue weighted by Crippen LogP contribution is -1.76. The summed E-state index contributed by atoms with van der Waals surface area (Å²) in [6.07, 6.45) is 3.64. The second-order valence-corrected chi connectivity index (χ2v) is 4.84. The Bertz CT molecular complexity index is 548. The van der Waals surface area contributed by atoms with Gasteiger partial charge >= 0.3 is 0 Å². The monoisotopic (exact) mass is 222 g/mol. The molecule has 0 spiro atoms. The van der Waals surface area contributed by atoms with Crippen LogP contribution in [0.3, 0.4) is 0 Å². The molecule has 70 valence electrons. The van der Waals surface area contributed by atoms with Crippen molar-refractivity contribution in [1.29, 1.82) is 0 Å². The fourth-order valence-electron chi connectivity index (χ4n) is 1.20. The van der Waals surface area contributed by atoms with E-state index >= 15 is 0 Å². The van der Waals surface area contributed by atoms with E-state index in [4.69, 9.17) is 0 Å². The van der Waals surface area contributed by atoms with Crippen LogP contribution >= 0.6 is 22.9 Å². The van der Waals surface area contributed by atoms with E-state index in [1.165, 1.54) is 0 Å². The number of hydrogen-bond donors (Lipinski definition) is 0. The van der Waals surface area contributed by atoms with Gasteiger partial charge in [-0.3, -0.25) is 0 Å². The van der Waals surface area contributed by atoms with Crippen LogP contribution < -0.4 is 0 Å². The molecule has 0 aliphatic carbocycles. The van der Waals surface area contributed by atoms with Gasteiger partial charge < -0.3 is 0 Å². The Morgan fingerprint density at radius 2 is 2.29 bits per heavy atom. The first-order valence-electron chi connectivity index (χ1n) is 4.06. The number of hydrogen-bond acceptors (Lipinski definition) is 5. The van der Waals surface area contributed by atoms with Gasteiger partial charge in [-0.2, -0.15) is 4.98 Å². The quantitative estimate of drug-likeness (QED) is 0.634. The summed E-state index contributed by atoms with van der Waals surface area (Å²) >= 11 is 3.20. The number of rotatable bonds is 1. The van der Waals surface area contributed by atoms with E-state index < -0.39 is 0 Å². The van der Waals surface area contributed by atoms with Crippen molar-refractivity contribution in [3.8, 4) is 10.7 Å². The molecule has 0 unspecified atom stereocenters. The van der Waals surface area contributed by atoms with Crippen LogP contribution in [0.15, 0.2) is 17.8 Å². The molecule has 0 fully saturated rings. The number of imidazole rings is 1. The van der Waals surface area contributed by atoms with Gasteiger partial charge in [-0.1, -0.05) is 0 Å². The van der Waals surface area contributed by atoms with Crippen molar-refractivity contribution >= 4 is 28.6 Å². The van der Waals surface area contributed by atoms with Gasteiger partial charge in [0, 0.05) is 17.8 Å². The molecular formula is C8H6N4S2. The number of aryl methyl sites for hydroxylation is 1. The van der Waals surface area contributed by atoms with Crippen molar-refractivity contribution in [2.45, 2.75) is 6.92 Å². The Labute approximate surface area is 88.1 Å². The zero-order valence-corrected chi connectivity index (χ0v) is 8.97. The van der Waals surface area contributed by atoms with Crippen LogP contribution in [0.25, 0.3) is 16.5 Å². The summed E-state index contributed by atoms with van der Waals surface area (Å²) in [6, 6.07) is 0. The lowest BCUT2D eigenvalue weighted by molar-refractivity contribution is 1.25. The number of thiazole rings is 1. The van der Waals surface area contributed by atoms with Crippen LogP contribution in [0.1, 0.15) is 5.01 Å². The summed E-state index contributed by atoms with van der Waals surface area (Å²) in [5.74, 6) is 0.746.